The van der Waals surface area contributed by atoms with E-state index in [9.17, 15) is 0 Å². The maximum atomic E-state index is 5.68. The van der Waals surface area contributed by atoms with Gasteiger partial charge >= 0.3 is 0 Å². The first-order valence-corrected chi connectivity index (χ1v) is 6.84. The lowest BCUT2D eigenvalue weighted by molar-refractivity contribution is 0.421. The van der Waals surface area contributed by atoms with Gasteiger partial charge in [0.2, 0.25) is 0 Å². The topological polar surface area (TPSA) is 26.0 Å². The molecule has 17 heavy (non-hydrogen) atoms. The van der Waals surface area contributed by atoms with E-state index in [4.69, 9.17) is 5.73 Å². The number of allylic oxidation sites excluding steroid dienone is 2. The van der Waals surface area contributed by atoms with Crippen LogP contribution in [-0.4, -0.2) is 0 Å². The van der Waals surface area contributed by atoms with Crippen molar-refractivity contribution in [2.24, 2.45) is 5.92 Å². The Bertz CT molecular complexity index is 346. The summed E-state index contributed by atoms with van der Waals surface area (Å²) in [7, 11) is 0. The lowest BCUT2D eigenvalue weighted by atomic mass is 9.93. The van der Waals surface area contributed by atoms with Crippen molar-refractivity contribution in [3.63, 3.8) is 0 Å². The Kier molecular flexibility index (Phi) is 4.66. The highest BCUT2D eigenvalue weighted by molar-refractivity contribution is 5.39. The van der Waals surface area contributed by atoms with Gasteiger partial charge in [0.05, 0.1) is 0 Å². The normalized spacial score (nSPS) is 16.9. The zero-order valence-corrected chi connectivity index (χ0v) is 10.6. The Hall–Kier alpha value is -1.24. The molecular formula is C16H25N. The Balaban J connectivity index is 0.00000162. The zero-order chi connectivity index (χ0) is 11.9. The predicted molar refractivity (Wildman–Crippen MR) is 77.0 cm³/mol. The molecule has 1 aromatic rings. The quantitative estimate of drug-likeness (QED) is 0.595. The second kappa shape index (κ2) is 6.48. The summed E-state index contributed by atoms with van der Waals surface area (Å²) in [5.74, 6) is 0.943. The summed E-state index contributed by atoms with van der Waals surface area (Å²) in [6.45, 7) is 0. The minimum absolute atomic E-state index is 0. The molecular weight excluding hydrogens is 206 g/mol. The molecule has 0 spiro atoms. The molecule has 1 aromatic carbocycles. The van der Waals surface area contributed by atoms with Crippen molar-refractivity contribution in [1.29, 1.82) is 0 Å². The van der Waals surface area contributed by atoms with Gasteiger partial charge in [-0.2, -0.15) is 0 Å². The van der Waals surface area contributed by atoms with Crippen LogP contribution < -0.4 is 5.73 Å². The first-order valence-electron chi connectivity index (χ1n) is 6.84. The van der Waals surface area contributed by atoms with Gasteiger partial charge in [-0.3, -0.25) is 0 Å². The summed E-state index contributed by atoms with van der Waals surface area (Å²) < 4.78 is 0. The van der Waals surface area contributed by atoms with Gasteiger partial charge in [-0.15, -0.1) is 0 Å². The van der Waals surface area contributed by atoms with Crippen molar-refractivity contribution in [3.8, 4) is 0 Å². The fourth-order valence-corrected chi connectivity index (χ4v) is 2.61. The minimum atomic E-state index is 0. The van der Waals surface area contributed by atoms with Crippen LogP contribution in [0.2, 0.25) is 0 Å². The molecule has 1 heteroatoms. The average Bonchev–Trinajstić information content (AvgIpc) is 2.60. The molecule has 0 atom stereocenters. The van der Waals surface area contributed by atoms with Crippen LogP contribution in [0.5, 0.6) is 0 Å². The molecule has 94 valence electrons. The fourth-order valence-electron chi connectivity index (χ4n) is 2.61. The lowest BCUT2D eigenvalue weighted by Gasteiger charge is -2.13. The molecule has 0 saturated carbocycles. The van der Waals surface area contributed by atoms with Crippen LogP contribution in [0.3, 0.4) is 0 Å². The summed E-state index contributed by atoms with van der Waals surface area (Å²) in [6.07, 6.45) is 13.9. The van der Waals surface area contributed by atoms with Gasteiger partial charge in [0.25, 0.3) is 0 Å². The number of rotatable bonds is 4. The number of aryl methyl sites for hydroxylation is 1. The van der Waals surface area contributed by atoms with Gasteiger partial charge < -0.3 is 5.73 Å². The molecule has 0 unspecified atom stereocenters. The molecule has 0 aromatic heterocycles. The Morgan fingerprint density at radius 1 is 1.06 bits per heavy atom. The summed E-state index contributed by atoms with van der Waals surface area (Å²) >= 11 is 0. The second-order valence-corrected chi connectivity index (χ2v) is 5.13. The Morgan fingerprint density at radius 3 is 2.35 bits per heavy atom. The van der Waals surface area contributed by atoms with Gasteiger partial charge in [0.15, 0.2) is 0 Å². The zero-order valence-electron chi connectivity index (χ0n) is 10.6. The highest BCUT2D eigenvalue weighted by Crippen LogP contribution is 2.24. The molecule has 2 rings (SSSR count). The monoisotopic (exact) mass is 231 g/mol. The van der Waals surface area contributed by atoms with Crippen LogP contribution in [0.1, 0.15) is 45.5 Å². The van der Waals surface area contributed by atoms with Crippen LogP contribution in [0.4, 0.5) is 5.69 Å². The van der Waals surface area contributed by atoms with Crippen molar-refractivity contribution in [2.45, 2.75) is 44.9 Å². The van der Waals surface area contributed by atoms with Crippen LogP contribution >= 0.6 is 0 Å². The predicted octanol–water partition coefficient (Wildman–Crippen LogP) is 4.58. The van der Waals surface area contributed by atoms with Crippen LogP contribution in [0, 0.1) is 5.92 Å². The van der Waals surface area contributed by atoms with E-state index < -0.39 is 0 Å². The Morgan fingerprint density at radius 2 is 1.71 bits per heavy atom. The number of hydrogen-bond donors (Lipinski definition) is 1. The van der Waals surface area contributed by atoms with Gasteiger partial charge in [-0.1, -0.05) is 30.7 Å². The third kappa shape index (κ3) is 4.26. The van der Waals surface area contributed by atoms with E-state index in [0.29, 0.717) is 0 Å². The molecule has 1 aliphatic rings. The van der Waals surface area contributed by atoms with E-state index in [1.165, 1.54) is 50.5 Å². The molecule has 0 fully saturated rings. The maximum absolute atomic E-state index is 5.68. The number of benzene rings is 1. The van der Waals surface area contributed by atoms with Gasteiger partial charge in [-0.25, -0.2) is 0 Å². The molecule has 0 aliphatic heterocycles. The molecule has 1 nitrogen and oxygen atoms in total. The van der Waals surface area contributed by atoms with Gasteiger partial charge in [0, 0.05) is 7.11 Å². The second-order valence-electron chi connectivity index (χ2n) is 5.13. The molecule has 2 N–H and O–H groups in total. The maximum Gasteiger partial charge on any atom is 0.0314 e. The number of nitrogen functional groups attached to an aromatic ring is 1. The van der Waals surface area contributed by atoms with Gasteiger partial charge in [0.1, 0.15) is 0 Å². The van der Waals surface area contributed by atoms with E-state index in [2.05, 4.69) is 24.3 Å². The Labute approximate surface area is 106 Å². The van der Waals surface area contributed by atoms with E-state index >= 15 is 0 Å². The van der Waals surface area contributed by atoms with Crippen LogP contribution in [0.15, 0.2) is 36.4 Å². The third-order valence-corrected chi connectivity index (χ3v) is 3.71. The van der Waals surface area contributed by atoms with Crippen molar-refractivity contribution in [2.75, 3.05) is 5.73 Å². The number of anilines is 1. The van der Waals surface area contributed by atoms with E-state index in [1.807, 2.05) is 12.1 Å². The number of nitrogens with two attached hydrogens (primary N) is 1. The molecule has 0 radical (unpaired) electrons. The molecule has 0 saturated heterocycles. The highest BCUT2D eigenvalue weighted by atomic mass is 14.5. The summed E-state index contributed by atoms with van der Waals surface area (Å²) in [5, 5.41) is 0. The number of hydrogen-bond acceptors (Lipinski definition) is 1. The molecule has 0 heterocycles. The summed E-state index contributed by atoms with van der Waals surface area (Å²) in [5.41, 5.74) is 7.97. The van der Waals surface area contributed by atoms with E-state index in [-0.39, 0.29) is 1.43 Å². The SMILES string of the molecule is Nc1ccc(CCCC2CCC=CCC2)cc1.[HH]. The van der Waals surface area contributed by atoms with Crippen molar-refractivity contribution < 1.29 is 1.43 Å². The van der Waals surface area contributed by atoms with Crippen LogP contribution in [0.25, 0.3) is 0 Å². The molecule has 0 bridgehead atoms. The van der Waals surface area contributed by atoms with E-state index in [0.717, 1.165) is 11.6 Å². The largest absolute Gasteiger partial charge is 0.399 e. The highest BCUT2D eigenvalue weighted by Gasteiger charge is 2.09. The minimum Gasteiger partial charge on any atom is -0.399 e. The lowest BCUT2D eigenvalue weighted by Crippen LogP contribution is -2.00. The van der Waals surface area contributed by atoms with Crippen molar-refractivity contribution in [1.82, 2.24) is 0 Å². The molecule has 1 aliphatic carbocycles. The smallest absolute Gasteiger partial charge is 0.0314 e. The van der Waals surface area contributed by atoms with E-state index in [1.54, 1.807) is 0 Å². The van der Waals surface area contributed by atoms with Crippen molar-refractivity contribution >= 4 is 5.69 Å². The summed E-state index contributed by atoms with van der Waals surface area (Å²) in [4.78, 5) is 0. The first kappa shape index (κ1) is 12.2. The summed E-state index contributed by atoms with van der Waals surface area (Å²) in [6, 6.07) is 8.32. The average molecular weight is 231 g/mol. The fraction of sp³-hybridized carbons (Fsp3) is 0.500. The first-order chi connectivity index (χ1) is 8.34. The third-order valence-electron chi connectivity index (χ3n) is 3.71. The van der Waals surface area contributed by atoms with Gasteiger partial charge in [-0.05, 0) is 62.1 Å². The van der Waals surface area contributed by atoms with Crippen LogP contribution in [-0.2, 0) is 6.42 Å². The van der Waals surface area contributed by atoms with Crippen molar-refractivity contribution in [3.05, 3.63) is 42.0 Å². The standard InChI is InChI=1S/C16H23N.H2/c17-16-12-10-15(11-13-16)9-5-8-14-6-3-1-2-4-7-14;/h1-2,10-14H,3-9,17H2;1H. The molecule has 0 amide bonds.